The van der Waals surface area contributed by atoms with Gasteiger partial charge in [0.2, 0.25) is 5.91 Å². The summed E-state index contributed by atoms with van der Waals surface area (Å²) >= 11 is 0. The lowest BCUT2D eigenvalue weighted by Gasteiger charge is -2.28. The molecule has 0 bridgehead atoms. The molecule has 0 saturated heterocycles. The number of hydrogen-bond donors (Lipinski definition) is 3. The van der Waals surface area contributed by atoms with Gasteiger partial charge < -0.3 is 20.5 Å². The highest BCUT2D eigenvalue weighted by atomic mass is 16.5. The first-order valence-corrected chi connectivity index (χ1v) is 12.2. The van der Waals surface area contributed by atoms with Gasteiger partial charge in [0.1, 0.15) is 5.75 Å². The number of carbonyl (C=O) groups is 3. The van der Waals surface area contributed by atoms with Crippen LogP contribution in [0.2, 0.25) is 0 Å². The van der Waals surface area contributed by atoms with Gasteiger partial charge in [0.15, 0.2) is 0 Å². The molecular formula is C28H31N3O5. The Hall–Kier alpha value is -3.86. The van der Waals surface area contributed by atoms with E-state index in [0.717, 1.165) is 11.1 Å². The normalized spacial score (nSPS) is 20.0. The molecule has 1 aliphatic carbocycles. The molecule has 36 heavy (non-hydrogen) atoms. The number of carboxylic acids is 1. The summed E-state index contributed by atoms with van der Waals surface area (Å²) in [5.74, 6) is -0.791. The maximum Gasteiger partial charge on any atom is 0.303 e. The van der Waals surface area contributed by atoms with E-state index >= 15 is 0 Å². The topological polar surface area (TPSA) is 129 Å². The number of aliphatic carboxylic acids is 1. The number of fused-ring (bicyclic) bond motifs is 2. The molecule has 3 N–H and O–H groups in total. The number of benzene rings is 2. The Morgan fingerprint density at radius 2 is 1.97 bits per heavy atom. The number of ether oxygens (including phenoxy) is 1. The third-order valence-corrected chi connectivity index (χ3v) is 6.80. The summed E-state index contributed by atoms with van der Waals surface area (Å²) in [4.78, 5) is 37.1. The van der Waals surface area contributed by atoms with Crippen molar-refractivity contribution < 1.29 is 24.2 Å². The van der Waals surface area contributed by atoms with Crippen molar-refractivity contribution in [2.24, 2.45) is 5.92 Å². The van der Waals surface area contributed by atoms with Crippen LogP contribution in [0, 0.1) is 17.2 Å². The highest BCUT2D eigenvalue weighted by molar-refractivity contribution is 5.98. The second kappa shape index (κ2) is 9.65. The van der Waals surface area contributed by atoms with Crippen LogP contribution in [-0.2, 0) is 21.4 Å². The summed E-state index contributed by atoms with van der Waals surface area (Å²) in [7, 11) is 0. The number of nitrogens with zero attached hydrogens (tertiary/aromatic N) is 1. The van der Waals surface area contributed by atoms with Crippen molar-refractivity contribution in [3.05, 3.63) is 58.7 Å². The summed E-state index contributed by atoms with van der Waals surface area (Å²) in [6.07, 6.45) is 2.26. The minimum Gasteiger partial charge on any atom is -0.493 e. The Balaban J connectivity index is 1.55. The van der Waals surface area contributed by atoms with Crippen molar-refractivity contribution in [3.63, 3.8) is 0 Å². The van der Waals surface area contributed by atoms with Crippen LogP contribution < -0.4 is 15.4 Å². The molecule has 2 aromatic carbocycles. The fraction of sp³-hybridized carbons (Fsp3) is 0.429. The first kappa shape index (κ1) is 25.2. The largest absolute Gasteiger partial charge is 0.493 e. The van der Waals surface area contributed by atoms with Crippen LogP contribution in [-0.4, -0.2) is 35.0 Å². The van der Waals surface area contributed by atoms with Crippen molar-refractivity contribution >= 4 is 23.5 Å². The second-order valence-corrected chi connectivity index (χ2v) is 10.6. The number of nitriles is 1. The molecule has 1 aliphatic heterocycles. The Morgan fingerprint density at radius 1 is 1.19 bits per heavy atom. The van der Waals surface area contributed by atoms with Gasteiger partial charge in [-0.25, -0.2) is 0 Å². The molecule has 1 heterocycles. The lowest BCUT2D eigenvalue weighted by atomic mass is 9.86. The third kappa shape index (κ3) is 5.35. The number of hydrogen-bond acceptors (Lipinski definition) is 5. The number of rotatable bonds is 7. The fourth-order valence-electron chi connectivity index (χ4n) is 4.93. The van der Waals surface area contributed by atoms with E-state index < -0.39 is 11.4 Å². The molecule has 8 heteroatoms. The van der Waals surface area contributed by atoms with Crippen LogP contribution >= 0.6 is 0 Å². The van der Waals surface area contributed by atoms with Gasteiger partial charge in [-0.15, -0.1) is 0 Å². The Morgan fingerprint density at radius 3 is 2.67 bits per heavy atom. The molecule has 2 aromatic rings. The van der Waals surface area contributed by atoms with E-state index in [1.54, 1.807) is 30.3 Å². The number of nitrogens with one attached hydrogen (secondary N) is 2. The van der Waals surface area contributed by atoms with E-state index in [-0.39, 0.29) is 29.7 Å². The van der Waals surface area contributed by atoms with Crippen LogP contribution in [0.25, 0.3) is 0 Å². The number of carboxylic acid groups (broad SMARTS) is 1. The summed E-state index contributed by atoms with van der Waals surface area (Å²) in [5, 5.41) is 24.2. The maximum atomic E-state index is 13.4. The minimum absolute atomic E-state index is 0.0288. The predicted octanol–water partition coefficient (Wildman–Crippen LogP) is 4.17. The van der Waals surface area contributed by atoms with Crippen molar-refractivity contribution in [1.82, 2.24) is 5.32 Å². The third-order valence-electron chi connectivity index (χ3n) is 6.80. The molecule has 1 saturated carbocycles. The predicted molar refractivity (Wildman–Crippen MR) is 134 cm³/mol. The molecule has 2 aliphatic rings. The fourth-order valence-corrected chi connectivity index (χ4v) is 4.93. The lowest BCUT2D eigenvalue weighted by molar-refractivity contribution is -0.137. The molecule has 2 atom stereocenters. The number of amides is 2. The van der Waals surface area contributed by atoms with E-state index in [1.165, 1.54) is 0 Å². The average Bonchev–Trinajstić information content (AvgIpc) is 3.53. The van der Waals surface area contributed by atoms with Crippen LogP contribution in [0.5, 0.6) is 5.75 Å². The van der Waals surface area contributed by atoms with Gasteiger partial charge in [0.05, 0.1) is 18.2 Å². The van der Waals surface area contributed by atoms with Crippen molar-refractivity contribution in [2.75, 3.05) is 11.9 Å². The maximum absolute atomic E-state index is 13.4. The summed E-state index contributed by atoms with van der Waals surface area (Å²) in [6, 6.07) is 12.6. The van der Waals surface area contributed by atoms with E-state index in [4.69, 9.17) is 9.84 Å². The van der Waals surface area contributed by atoms with Gasteiger partial charge >= 0.3 is 5.97 Å². The van der Waals surface area contributed by atoms with Gasteiger partial charge in [0.25, 0.3) is 5.91 Å². The molecule has 0 radical (unpaired) electrons. The molecular weight excluding hydrogens is 458 g/mol. The zero-order valence-electron chi connectivity index (χ0n) is 20.8. The molecule has 0 aromatic heterocycles. The van der Waals surface area contributed by atoms with Crippen LogP contribution in [0.1, 0.15) is 73.5 Å². The van der Waals surface area contributed by atoms with Gasteiger partial charge in [-0.3, -0.25) is 14.4 Å². The van der Waals surface area contributed by atoms with E-state index in [2.05, 4.69) is 16.7 Å². The monoisotopic (exact) mass is 489 g/mol. The summed E-state index contributed by atoms with van der Waals surface area (Å²) < 4.78 is 5.85. The standard InChI is InChI=1S/C28H31N3O5/c1-27(2,3)31-25(34)19-9-10-23-20(14-19)28(11-12-36-23)15-21(28)26(35)30-22-13-17(16-29)7-8-18(22)5-4-6-24(32)33/h7-10,13-14,21H,4-6,11-12,15H2,1-3H3,(H,30,35)(H,31,34)(H,32,33)/t21-,28-/m0/s1. The zero-order valence-corrected chi connectivity index (χ0v) is 20.8. The Bertz CT molecular complexity index is 1260. The lowest BCUT2D eigenvalue weighted by Crippen LogP contribution is -2.40. The van der Waals surface area contributed by atoms with Crippen LogP contribution in [0.3, 0.4) is 0 Å². The van der Waals surface area contributed by atoms with Gasteiger partial charge in [-0.2, -0.15) is 5.26 Å². The Labute approximate surface area is 210 Å². The van der Waals surface area contributed by atoms with E-state index in [1.807, 2.05) is 26.8 Å². The van der Waals surface area contributed by atoms with E-state index in [9.17, 15) is 19.6 Å². The van der Waals surface area contributed by atoms with Gasteiger partial charge in [0, 0.05) is 40.1 Å². The SMILES string of the molecule is CC(C)(C)NC(=O)c1ccc2c(c1)[C@]1(CCO2)C[C@H]1C(=O)Nc1cc(C#N)ccc1CCCC(=O)O. The van der Waals surface area contributed by atoms with Crippen LogP contribution in [0.4, 0.5) is 5.69 Å². The highest BCUT2D eigenvalue weighted by Crippen LogP contribution is 2.61. The highest BCUT2D eigenvalue weighted by Gasteiger charge is 2.61. The molecule has 188 valence electrons. The van der Waals surface area contributed by atoms with Crippen molar-refractivity contribution in [3.8, 4) is 11.8 Å². The first-order valence-electron chi connectivity index (χ1n) is 12.2. The van der Waals surface area contributed by atoms with Gasteiger partial charge in [-0.05, 0) is 82.3 Å². The average molecular weight is 490 g/mol. The zero-order chi connectivity index (χ0) is 26.1. The Kier molecular flexibility index (Phi) is 6.77. The molecule has 2 amide bonds. The molecule has 4 rings (SSSR count). The van der Waals surface area contributed by atoms with Gasteiger partial charge in [-0.1, -0.05) is 6.07 Å². The molecule has 0 unspecified atom stereocenters. The number of carbonyl (C=O) groups excluding carboxylic acids is 2. The number of anilines is 1. The van der Waals surface area contributed by atoms with E-state index in [0.29, 0.717) is 54.9 Å². The van der Waals surface area contributed by atoms with Crippen LogP contribution in [0.15, 0.2) is 36.4 Å². The number of aryl methyl sites for hydroxylation is 1. The summed E-state index contributed by atoms with van der Waals surface area (Å²) in [6.45, 7) is 6.26. The van der Waals surface area contributed by atoms with Crippen molar-refractivity contribution in [1.29, 1.82) is 5.26 Å². The smallest absolute Gasteiger partial charge is 0.303 e. The molecule has 8 nitrogen and oxygen atoms in total. The first-order chi connectivity index (χ1) is 17.0. The quantitative estimate of drug-likeness (QED) is 0.535. The van der Waals surface area contributed by atoms with Crippen molar-refractivity contribution in [2.45, 2.75) is 63.8 Å². The molecule has 1 spiro atoms. The summed E-state index contributed by atoms with van der Waals surface area (Å²) in [5.41, 5.74) is 2.40. The second-order valence-electron chi connectivity index (χ2n) is 10.6. The minimum atomic E-state index is -0.872. The molecule has 1 fully saturated rings.